The van der Waals surface area contributed by atoms with Crippen LogP contribution in [0, 0.1) is 0 Å². The van der Waals surface area contributed by atoms with E-state index in [1.165, 1.54) is 0 Å². The first-order chi connectivity index (χ1) is 7.98. The van der Waals surface area contributed by atoms with E-state index in [0.29, 0.717) is 18.5 Å². The molecule has 0 amide bonds. The molecule has 1 aliphatic carbocycles. The van der Waals surface area contributed by atoms with Gasteiger partial charge in [0.1, 0.15) is 11.4 Å². The maximum Gasteiger partial charge on any atom is 0.214 e. The molecule has 4 heteroatoms. The SMILES string of the molecule is CC(C)(C)Oc1ccc(OC2CC2)c(CN)n1. The Balaban J connectivity index is 2.14. The van der Waals surface area contributed by atoms with Crippen LogP contribution in [0.2, 0.25) is 0 Å². The van der Waals surface area contributed by atoms with Crippen LogP contribution in [0.4, 0.5) is 0 Å². The third-order valence-corrected chi connectivity index (χ3v) is 2.33. The van der Waals surface area contributed by atoms with Crippen LogP contribution in [0.25, 0.3) is 0 Å². The third-order valence-electron chi connectivity index (χ3n) is 2.33. The van der Waals surface area contributed by atoms with E-state index in [9.17, 15) is 0 Å². The molecular weight excluding hydrogens is 216 g/mol. The largest absolute Gasteiger partial charge is 0.488 e. The molecule has 17 heavy (non-hydrogen) atoms. The maximum absolute atomic E-state index is 5.73. The highest BCUT2D eigenvalue weighted by atomic mass is 16.5. The summed E-state index contributed by atoms with van der Waals surface area (Å²) in [5.41, 5.74) is 6.19. The zero-order valence-corrected chi connectivity index (χ0v) is 10.7. The average molecular weight is 236 g/mol. The molecule has 1 saturated carbocycles. The van der Waals surface area contributed by atoms with Gasteiger partial charge in [0.15, 0.2) is 0 Å². The molecule has 2 N–H and O–H groups in total. The Bertz CT molecular complexity index is 395. The van der Waals surface area contributed by atoms with Gasteiger partial charge in [-0.2, -0.15) is 0 Å². The smallest absolute Gasteiger partial charge is 0.214 e. The van der Waals surface area contributed by atoms with E-state index in [-0.39, 0.29) is 5.60 Å². The molecule has 0 aromatic carbocycles. The van der Waals surface area contributed by atoms with Gasteiger partial charge in [-0.1, -0.05) is 0 Å². The molecule has 1 aliphatic rings. The van der Waals surface area contributed by atoms with Crippen molar-refractivity contribution in [2.24, 2.45) is 5.73 Å². The van der Waals surface area contributed by atoms with Gasteiger partial charge in [0.25, 0.3) is 0 Å². The Kier molecular flexibility index (Phi) is 3.24. The number of hydrogen-bond donors (Lipinski definition) is 1. The molecule has 0 unspecified atom stereocenters. The molecule has 0 saturated heterocycles. The molecule has 0 radical (unpaired) electrons. The van der Waals surface area contributed by atoms with Crippen LogP contribution in [0.1, 0.15) is 39.3 Å². The lowest BCUT2D eigenvalue weighted by molar-refractivity contribution is 0.123. The molecule has 0 atom stereocenters. The lowest BCUT2D eigenvalue weighted by Crippen LogP contribution is -2.24. The summed E-state index contributed by atoms with van der Waals surface area (Å²) < 4.78 is 11.4. The standard InChI is InChI=1S/C13H20N2O2/c1-13(2,3)17-12-7-6-11(10(8-14)15-12)16-9-4-5-9/h6-7,9H,4-5,8,14H2,1-3H3. The van der Waals surface area contributed by atoms with Gasteiger partial charge in [-0.05, 0) is 39.7 Å². The molecule has 1 heterocycles. The molecule has 1 aromatic rings. The Morgan fingerprint density at radius 3 is 2.59 bits per heavy atom. The van der Waals surface area contributed by atoms with E-state index in [1.807, 2.05) is 32.9 Å². The maximum atomic E-state index is 5.73. The molecule has 0 aliphatic heterocycles. The first kappa shape index (κ1) is 12.2. The minimum atomic E-state index is -0.252. The van der Waals surface area contributed by atoms with E-state index in [4.69, 9.17) is 15.2 Å². The number of nitrogens with zero attached hydrogens (tertiary/aromatic N) is 1. The van der Waals surface area contributed by atoms with Crippen molar-refractivity contribution >= 4 is 0 Å². The average Bonchev–Trinajstić information content (AvgIpc) is 3.02. The summed E-state index contributed by atoms with van der Waals surface area (Å²) in [6, 6.07) is 3.73. The fourth-order valence-electron chi connectivity index (χ4n) is 1.46. The van der Waals surface area contributed by atoms with Crippen LogP contribution >= 0.6 is 0 Å². The normalized spacial score (nSPS) is 15.8. The lowest BCUT2D eigenvalue weighted by Gasteiger charge is -2.21. The fourth-order valence-corrected chi connectivity index (χ4v) is 1.46. The first-order valence-electron chi connectivity index (χ1n) is 6.03. The highest BCUT2D eigenvalue weighted by Crippen LogP contribution is 2.30. The van der Waals surface area contributed by atoms with Gasteiger partial charge in [0, 0.05) is 12.6 Å². The van der Waals surface area contributed by atoms with Crippen molar-refractivity contribution < 1.29 is 9.47 Å². The van der Waals surface area contributed by atoms with Crippen molar-refractivity contribution in [2.75, 3.05) is 0 Å². The van der Waals surface area contributed by atoms with Crippen LogP contribution in [0.3, 0.4) is 0 Å². The van der Waals surface area contributed by atoms with Crippen LogP contribution in [0.5, 0.6) is 11.6 Å². The Hall–Kier alpha value is -1.29. The summed E-state index contributed by atoms with van der Waals surface area (Å²) in [6.45, 7) is 6.34. The van der Waals surface area contributed by atoms with E-state index in [0.717, 1.165) is 24.3 Å². The van der Waals surface area contributed by atoms with Crippen LogP contribution in [0.15, 0.2) is 12.1 Å². The molecule has 4 nitrogen and oxygen atoms in total. The highest BCUT2D eigenvalue weighted by molar-refractivity contribution is 5.32. The lowest BCUT2D eigenvalue weighted by atomic mass is 10.2. The topological polar surface area (TPSA) is 57.4 Å². The van der Waals surface area contributed by atoms with Crippen molar-refractivity contribution in [3.05, 3.63) is 17.8 Å². The number of nitrogens with two attached hydrogens (primary N) is 1. The summed E-state index contributed by atoms with van der Waals surface area (Å²) in [4.78, 5) is 4.39. The van der Waals surface area contributed by atoms with Gasteiger partial charge in [-0.25, -0.2) is 4.98 Å². The van der Waals surface area contributed by atoms with Crippen molar-refractivity contribution in [2.45, 2.75) is 51.9 Å². The van der Waals surface area contributed by atoms with Gasteiger partial charge in [0.2, 0.25) is 5.88 Å². The number of rotatable bonds is 4. The number of ether oxygens (including phenoxy) is 2. The predicted molar refractivity (Wildman–Crippen MR) is 66.2 cm³/mol. The molecule has 1 fully saturated rings. The first-order valence-corrected chi connectivity index (χ1v) is 6.03. The number of hydrogen-bond acceptors (Lipinski definition) is 4. The van der Waals surface area contributed by atoms with Crippen molar-refractivity contribution in [1.82, 2.24) is 4.98 Å². The van der Waals surface area contributed by atoms with Gasteiger partial charge < -0.3 is 15.2 Å². The second-order valence-corrected chi connectivity index (χ2v) is 5.33. The second-order valence-electron chi connectivity index (χ2n) is 5.33. The van der Waals surface area contributed by atoms with Crippen molar-refractivity contribution in [3.8, 4) is 11.6 Å². The Morgan fingerprint density at radius 2 is 2.06 bits per heavy atom. The Labute approximate surface area is 102 Å². The minimum Gasteiger partial charge on any atom is -0.488 e. The second kappa shape index (κ2) is 4.53. The summed E-state index contributed by atoms with van der Waals surface area (Å²) >= 11 is 0. The zero-order valence-electron chi connectivity index (χ0n) is 10.7. The highest BCUT2D eigenvalue weighted by Gasteiger charge is 2.25. The molecule has 94 valence electrons. The summed E-state index contributed by atoms with van der Waals surface area (Å²) in [5.74, 6) is 1.39. The number of pyridine rings is 1. The molecule has 0 bridgehead atoms. The molecule has 1 aromatic heterocycles. The molecule has 0 spiro atoms. The van der Waals surface area contributed by atoms with Gasteiger partial charge in [0.05, 0.1) is 11.8 Å². The minimum absolute atomic E-state index is 0.252. The third kappa shape index (κ3) is 3.60. The fraction of sp³-hybridized carbons (Fsp3) is 0.615. The molecule has 2 rings (SSSR count). The van der Waals surface area contributed by atoms with E-state index >= 15 is 0 Å². The monoisotopic (exact) mass is 236 g/mol. The van der Waals surface area contributed by atoms with E-state index in [1.54, 1.807) is 0 Å². The number of aromatic nitrogens is 1. The Morgan fingerprint density at radius 1 is 1.35 bits per heavy atom. The van der Waals surface area contributed by atoms with Crippen molar-refractivity contribution in [3.63, 3.8) is 0 Å². The molecular formula is C13H20N2O2. The van der Waals surface area contributed by atoms with Crippen LogP contribution < -0.4 is 15.2 Å². The summed E-state index contributed by atoms with van der Waals surface area (Å²) in [7, 11) is 0. The summed E-state index contributed by atoms with van der Waals surface area (Å²) in [6.07, 6.45) is 2.62. The van der Waals surface area contributed by atoms with Gasteiger partial charge in [-0.3, -0.25) is 0 Å². The van der Waals surface area contributed by atoms with Gasteiger partial charge >= 0.3 is 0 Å². The van der Waals surface area contributed by atoms with E-state index in [2.05, 4.69) is 4.98 Å². The zero-order chi connectivity index (χ0) is 12.5. The van der Waals surface area contributed by atoms with E-state index < -0.39 is 0 Å². The van der Waals surface area contributed by atoms with Gasteiger partial charge in [-0.15, -0.1) is 0 Å². The predicted octanol–water partition coefficient (Wildman–Crippen LogP) is 2.26. The van der Waals surface area contributed by atoms with Crippen molar-refractivity contribution in [1.29, 1.82) is 0 Å². The van der Waals surface area contributed by atoms with Crippen LogP contribution in [-0.2, 0) is 6.54 Å². The summed E-state index contributed by atoms with van der Waals surface area (Å²) in [5, 5.41) is 0. The quantitative estimate of drug-likeness (QED) is 0.871. The van der Waals surface area contributed by atoms with Crippen LogP contribution in [-0.4, -0.2) is 16.7 Å².